The first-order chi connectivity index (χ1) is 12.0. The Morgan fingerprint density at radius 3 is 3.00 bits per heavy atom. The molecule has 1 amide bonds. The first-order valence-corrected chi connectivity index (χ1v) is 9.00. The van der Waals surface area contributed by atoms with Gasteiger partial charge in [-0.25, -0.2) is 0 Å². The van der Waals surface area contributed by atoms with Gasteiger partial charge in [-0.05, 0) is 39.1 Å². The molecule has 0 bridgehead atoms. The van der Waals surface area contributed by atoms with Gasteiger partial charge in [0, 0.05) is 25.1 Å². The first-order valence-electron chi connectivity index (χ1n) is 8.59. The van der Waals surface area contributed by atoms with Gasteiger partial charge in [0.05, 0.1) is 18.8 Å². The van der Waals surface area contributed by atoms with Crippen LogP contribution < -0.4 is 0 Å². The van der Waals surface area contributed by atoms with Crippen LogP contribution in [0.4, 0.5) is 0 Å². The number of amides is 1. The van der Waals surface area contributed by atoms with Crippen LogP contribution in [0.15, 0.2) is 24.3 Å². The minimum atomic E-state index is 0.0825. The molecule has 0 radical (unpaired) electrons. The number of hydrogen-bond donors (Lipinski definition) is 1. The van der Waals surface area contributed by atoms with Crippen molar-refractivity contribution >= 4 is 18.1 Å². The predicted octanol–water partition coefficient (Wildman–Crippen LogP) is 2.94. The minimum Gasteiger partial charge on any atom is -0.375 e. The number of carbonyl (C=O) groups is 1. The molecule has 2 aromatic rings. The number of nitrogens with one attached hydrogen (secondary N) is 1. The Morgan fingerprint density at radius 2 is 2.24 bits per heavy atom. The van der Waals surface area contributed by atoms with Gasteiger partial charge in [-0.1, -0.05) is 23.8 Å². The molecule has 0 spiro atoms. The number of aryl methyl sites for hydroxylation is 1. The van der Waals surface area contributed by atoms with Crippen LogP contribution in [0.5, 0.6) is 0 Å². The maximum absolute atomic E-state index is 12.7. The van der Waals surface area contributed by atoms with Gasteiger partial charge >= 0.3 is 0 Å². The normalized spacial score (nSPS) is 20.7. The quantitative estimate of drug-likeness (QED) is 0.852. The van der Waals surface area contributed by atoms with Crippen LogP contribution in [0.1, 0.15) is 25.8 Å². The smallest absolute Gasteiger partial charge is 0.224 e. The zero-order chi connectivity index (χ0) is 18.0. The first kappa shape index (κ1) is 17.8. The van der Waals surface area contributed by atoms with Crippen molar-refractivity contribution in [2.75, 3.05) is 13.2 Å². The largest absolute Gasteiger partial charge is 0.375 e. The van der Waals surface area contributed by atoms with E-state index in [0.717, 1.165) is 17.0 Å². The fraction of sp³-hybridized carbons (Fsp3) is 0.500. The lowest BCUT2D eigenvalue weighted by atomic mass is 10.1. The maximum Gasteiger partial charge on any atom is 0.224 e. The standard InChI is InChI=1S/C18H24N4O2S/c1-12-5-4-6-15(9-12)17-19-20-18(25)21(17)8-7-16(23)22-10-14(3)24-11-13(22)2/h4-6,9,13-14H,7-8,10-11H2,1-3H3,(H,20,25). The van der Waals surface area contributed by atoms with Crippen molar-refractivity contribution in [1.82, 2.24) is 19.7 Å². The lowest BCUT2D eigenvalue weighted by Gasteiger charge is -2.37. The summed E-state index contributed by atoms with van der Waals surface area (Å²) in [5.74, 6) is 0.894. The molecular weight excluding hydrogens is 336 g/mol. The second-order valence-corrected chi connectivity index (χ2v) is 7.05. The Kier molecular flexibility index (Phi) is 5.34. The number of benzene rings is 1. The summed E-state index contributed by atoms with van der Waals surface area (Å²) in [7, 11) is 0. The molecule has 1 N–H and O–H groups in total. The number of nitrogens with zero attached hydrogens (tertiary/aromatic N) is 3. The molecule has 2 heterocycles. The highest BCUT2D eigenvalue weighted by Crippen LogP contribution is 2.19. The van der Waals surface area contributed by atoms with Crippen LogP contribution in [-0.2, 0) is 16.1 Å². The highest BCUT2D eigenvalue weighted by molar-refractivity contribution is 7.71. The van der Waals surface area contributed by atoms with Crippen molar-refractivity contribution in [3.8, 4) is 11.4 Å². The number of aromatic nitrogens is 3. The van der Waals surface area contributed by atoms with E-state index in [9.17, 15) is 4.79 Å². The van der Waals surface area contributed by atoms with Gasteiger partial charge in [0.15, 0.2) is 10.6 Å². The van der Waals surface area contributed by atoms with Gasteiger partial charge in [-0.3, -0.25) is 14.5 Å². The molecule has 3 rings (SSSR count). The predicted molar refractivity (Wildman–Crippen MR) is 98.8 cm³/mol. The third-order valence-corrected chi connectivity index (χ3v) is 4.82. The minimum absolute atomic E-state index is 0.0825. The van der Waals surface area contributed by atoms with Crippen molar-refractivity contribution in [2.45, 2.75) is 45.9 Å². The van der Waals surface area contributed by atoms with Crippen molar-refractivity contribution in [2.24, 2.45) is 0 Å². The molecule has 1 aliphatic rings. The Bertz CT molecular complexity index is 813. The van der Waals surface area contributed by atoms with E-state index in [1.54, 1.807) is 0 Å². The Hall–Kier alpha value is -1.99. The number of rotatable bonds is 4. The van der Waals surface area contributed by atoms with Crippen molar-refractivity contribution in [1.29, 1.82) is 0 Å². The molecule has 134 valence electrons. The molecule has 0 aliphatic carbocycles. The van der Waals surface area contributed by atoms with Crippen molar-refractivity contribution < 1.29 is 9.53 Å². The van der Waals surface area contributed by atoms with Gasteiger partial charge in [0.1, 0.15) is 0 Å². The van der Waals surface area contributed by atoms with Crippen molar-refractivity contribution in [3.05, 3.63) is 34.6 Å². The second-order valence-electron chi connectivity index (χ2n) is 6.66. The van der Waals surface area contributed by atoms with Gasteiger partial charge in [0.2, 0.25) is 5.91 Å². The average Bonchev–Trinajstić information content (AvgIpc) is 2.95. The van der Waals surface area contributed by atoms with Crippen LogP contribution in [0.3, 0.4) is 0 Å². The number of ether oxygens (including phenoxy) is 1. The summed E-state index contributed by atoms with van der Waals surface area (Å²) in [6.07, 6.45) is 0.475. The van der Waals surface area contributed by atoms with Gasteiger partial charge in [-0.2, -0.15) is 5.10 Å². The van der Waals surface area contributed by atoms with Gasteiger partial charge in [0.25, 0.3) is 0 Å². The van der Waals surface area contributed by atoms with Crippen LogP contribution in [-0.4, -0.2) is 50.9 Å². The summed E-state index contributed by atoms with van der Waals surface area (Å²) in [5, 5.41) is 7.19. The fourth-order valence-corrected chi connectivity index (χ4v) is 3.35. The molecule has 6 nitrogen and oxygen atoms in total. The molecule has 1 fully saturated rings. The van der Waals surface area contributed by atoms with E-state index in [-0.39, 0.29) is 18.1 Å². The number of carbonyl (C=O) groups excluding carboxylic acids is 1. The number of hydrogen-bond acceptors (Lipinski definition) is 4. The summed E-state index contributed by atoms with van der Waals surface area (Å²) in [5.41, 5.74) is 2.15. The topological polar surface area (TPSA) is 63.2 Å². The summed E-state index contributed by atoms with van der Waals surface area (Å²) in [4.78, 5) is 14.6. The average molecular weight is 360 g/mol. The highest BCUT2D eigenvalue weighted by Gasteiger charge is 2.27. The molecule has 0 saturated carbocycles. The molecule has 2 unspecified atom stereocenters. The van der Waals surface area contributed by atoms with Crippen LogP contribution >= 0.6 is 12.2 Å². The molecule has 1 aromatic carbocycles. The van der Waals surface area contributed by atoms with E-state index >= 15 is 0 Å². The molecule has 7 heteroatoms. The summed E-state index contributed by atoms with van der Waals surface area (Å²) in [6.45, 7) is 7.79. The van der Waals surface area contributed by atoms with E-state index in [4.69, 9.17) is 17.0 Å². The summed E-state index contributed by atoms with van der Waals surface area (Å²) in [6, 6.07) is 8.21. The monoisotopic (exact) mass is 360 g/mol. The van der Waals surface area contributed by atoms with Gasteiger partial charge < -0.3 is 9.64 Å². The fourth-order valence-electron chi connectivity index (χ4n) is 3.13. The molecule has 1 aliphatic heterocycles. The molecule has 2 atom stereocenters. The molecule has 1 saturated heterocycles. The molecular formula is C18H24N4O2S. The number of morpholine rings is 1. The third kappa shape index (κ3) is 3.99. The number of aromatic amines is 1. The van der Waals surface area contributed by atoms with Gasteiger partial charge in [-0.15, -0.1) is 0 Å². The van der Waals surface area contributed by atoms with E-state index in [2.05, 4.69) is 16.3 Å². The lowest BCUT2D eigenvalue weighted by molar-refractivity contribution is -0.143. The number of H-pyrrole nitrogens is 1. The van der Waals surface area contributed by atoms with E-state index in [1.165, 1.54) is 0 Å². The lowest BCUT2D eigenvalue weighted by Crippen LogP contribution is -2.50. The summed E-state index contributed by atoms with van der Waals surface area (Å²) >= 11 is 5.36. The molecule has 1 aromatic heterocycles. The van der Waals surface area contributed by atoms with E-state index in [1.807, 2.05) is 48.4 Å². The Balaban J connectivity index is 1.74. The van der Waals surface area contributed by atoms with Crippen LogP contribution in [0, 0.1) is 11.7 Å². The van der Waals surface area contributed by atoms with Crippen molar-refractivity contribution in [3.63, 3.8) is 0 Å². The Morgan fingerprint density at radius 1 is 1.44 bits per heavy atom. The van der Waals surface area contributed by atoms with E-state index in [0.29, 0.717) is 30.9 Å². The Labute approximate surface area is 152 Å². The zero-order valence-corrected chi connectivity index (χ0v) is 15.7. The van der Waals surface area contributed by atoms with Crippen LogP contribution in [0.25, 0.3) is 11.4 Å². The SMILES string of the molecule is Cc1cccc(-c2n[nH]c(=S)n2CCC(=O)N2CC(C)OCC2C)c1. The van der Waals surface area contributed by atoms with Crippen LogP contribution in [0.2, 0.25) is 0 Å². The highest BCUT2D eigenvalue weighted by atomic mass is 32.1. The third-order valence-electron chi connectivity index (χ3n) is 4.51. The zero-order valence-electron chi connectivity index (χ0n) is 14.9. The second kappa shape index (κ2) is 7.49. The molecule has 25 heavy (non-hydrogen) atoms. The maximum atomic E-state index is 12.7. The summed E-state index contributed by atoms with van der Waals surface area (Å²) < 4.78 is 8.03. The van der Waals surface area contributed by atoms with E-state index < -0.39 is 0 Å².